The van der Waals surface area contributed by atoms with Gasteiger partial charge < -0.3 is 4.74 Å². The highest BCUT2D eigenvalue weighted by molar-refractivity contribution is 7.93. The van der Waals surface area contributed by atoms with E-state index in [4.69, 9.17) is 4.74 Å². The van der Waals surface area contributed by atoms with Gasteiger partial charge in [0.15, 0.2) is 0 Å². The predicted octanol–water partition coefficient (Wildman–Crippen LogP) is 4.34. The third kappa shape index (κ3) is 4.22. The van der Waals surface area contributed by atoms with E-state index in [1.807, 2.05) is 36.4 Å². The number of rotatable bonds is 5. The van der Waals surface area contributed by atoms with Gasteiger partial charge in [0.2, 0.25) is 5.13 Å². The van der Waals surface area contributed by atoms with Crippen LogP contribution >= 0.6 is 11.5 Å². The number of alkyl halides is 1. The second kappa shape index (κ2) is 8.76. The molecule has 0 unspecified atom stereocenters. The van der Waals surface area contributed by atoms with Gasteiger partial charge in [-0.25, -0.2) is 17.8 Å². The molecule has 0 saturated carbocycles. The highest BCUT2D eigenvalue weighted by Gasteiger charge is 2.37. The average molecular weight is 475 g/mol. The zero-order valence-electron chi connectivity index (χ0n) is 17.2. The number of nitrogens with one attached hydrogen (secondary N) is 1. The van der Waals surface area contributed by atoms with Gasteiger partial charge in [-0.05, 0) is 24.5 Å². The summed E-state index contributed by atoms with van der Waals surface area (Å²) >= 11 is 0.971. The first kappa shape index (κ1) is 21.3. The highest BCUT2D eigenvalue weighted by Crippen LogP contribution is 2.44. The smallest absolute Gasteiger partial charge is 0.263 e. The van der Waals surface area contributed by atoms with Crippen LogP contribution in [-0.4, -0.2) is 42.0 Å². The van der Waals surface area contributed by atoms with Crippen molar-refractivity contribution in [3.63, 3.8) is 0 Å². The van der Waals surface area contributed by atoms with Crippen molar-refractivity contribution in [3.8, 4) is 5.75 Å². The van der Waals surface area contributed by atoms with Crippen molar-refractivity contribution in [1.29, 1.82) is 0 Å². The van der Waals surface area contributed by atoms with Crippen LogP contribution in [0.15, 0.2) is 59.8 Å². The van der Waals surface area contributed by atoms with Crippen molar-refractivity contribution in [2.24, 2.45) is 0 Å². The molecule has 0 spiro atoms. The molecule has 5 rings (SSSR count). The normalized spacial score (nSPS) is 23.8. The highest BCUT2D eigenvalue weighted by atomic mass is 32.2. The van der Waals surface area contributed by atoms with Crippen molar-refractivity contribution in [2.45, 2.75) is 42.4 Å². The molecule has 1 fully saturated rings. The lowest BCUT2D eigenvalue weighted by Gasteiger charge is -2.44. The maximum absolute atomic E-state index is 14.4. The number of fused-ring (bicyclic) bond motifs is 1. The Kier molecular flexibility index (Phi) is 5.83. The maximum Gasteiger partial charge on any atom is 0.263 e. The molecule has 3 atom stereocenters. The molecule has 2 aliphatic rings. The zero-order valence-corrected chi connectivity index (χ0v) is 18.9. The number of ether oxygens (including phenoxy) is 1. The average Bonchev–Trinajstić information content (AvgIpc) is 3.31. The minimum absolute atomic E-state index is 0.0293. The second-order valence-corrected chi connectivity index (χ2v) is 10.5. The Morgan fingerprint density at radius 3 is 2.75 bits per heavy atom. The molecule has 0 radical (unpaired) electrons. The molecule has 10 heteroatoms. The van der Waals surface area contributed by atoms with Crippen molar-refractivity contribution < 1.29 is 17.5 Å². The molecule has 0 bridgehead atoms. The second-order valence-electron chi connectivity index (χ2n) is 7.99. The number of hydrogen-bond acceptors (Lipinski definition) is 7. The summed E-state index contributed by atoms with van der Waals surface area (Å²) in [6.07, 6.45) is 2.19. The van der Waals surface area contributed by atoms with E-state index in [9.17, 15) is 12.8 Å². The van der Waals surface area contributed by atoms with E-state index in [2.05, 4.69) is 19.0 Å². The third-order valence-electron chi connectivity index (χ3n) is 6.05. The van der Waals surface area contributed by atoms with E-state index < -0.39 is 16.2 Å². The summed E-state index contributed by atoms with van der Waals surface area (Å²) in [6.45, 7) is 1.12. The molecule has 7 nitrogen and oxygen atoms in total. The van der Waals surface area contributed by atoms with E-state index in [0.717, 1.165) is 29.1 Å². The van der Waals surface area contributed by atoms with Gasteiger partial charge in [-0.2, -0.15) is 4.37 Å². The molecule has 1 N–H and O–H groups in total. The summed E-state index contributed by atoms with van der Waals surface area (Å²) in [5, 5.41) is 0.210. The number of hydrogen-bond donors (Lipinski definition) is 1. The number of nitrogens with zero attached hydrogens (tertiary/aromatic N) is 3. The van der Waals surface area contributed by atoms with Crippen LogP contribution in [0.4, 0.5) is 9.52 Å². The van der Waals surface area contributed by atoms with Gasteiger partial charge >= 0.3 is 0 Å². The molecule has 2 aromatic carbocycles. The monoisotopic (exact) mass is 474 g/mol. The van der Waals surface area contributed by atoms with Crippen molar-refractivity contribution >= 4 is 26.7 Å². The van der Waals surface area contributed by atoms with Gasteiger partial charge in [0.1, 0.15) is 18.2 Å². The number of benzene rings is 2. The van der Waals surface area contributed by atoms with Crippen LogP contribution in [0, 0.1) is 0 Å². The largest absolute Gasteiger partial charge is 0.493 e. The lowest BCUT2D eigenvalue weighted by Crippen LogP contribution is -2.41. The fourth-order valence-corrected chi connectivity index (χ4v) is 6.25. The van der Waals surface area contributed by atoms with Crippen LogP contribution in [0.2, 0.25) is 0 Å². The van der Waals surface area contributed by atoms with Gasteiger partial charge in [-0.15, -0.1) is 0 Å². The summed E-state index contributed by atoms with van der Waals surface area (Å²) < 4.78 is 52.0. The van der Waals surface area contributed by atoms with Crippen LogP contribution in [0.3, 0.4) is 0 Å². The van der Waals surface area contributed by atoms with Crippen LogP contribution in [0.25, 0.3) is 0 Å². The summed E-state index contributed by atoms with van der Waals surface area (Å²) in [6, 6.07) is 15.0. The molecule has 1 saturated heterocycles. The Morgan fingerprint density at radius 1 is 1.12 bits per heavy atom. The Labute approximate surface area is 190 Å². The van der Waals surface area contributed by atoms with E-state index in [-0.39, 0.29) is 22.1 Å². The molecule has 2 aliphatic heterocycles. The Bertz CT molecular complexity index is 1180. The molecule has 1 aromatic heterocycles. The standard InChI is InChI=1S/C22H23FN4O3S2/c23-16-8-10-27(20(12-16)15-4-2-1-3-5-15)19-9-11-30-21-13-17(6-7-18(19)21)32(28,29)26-22-24-14-25-31-22/h1-7,13-14,16,19-20H,8-12H2,(H,24,25,26)/t16-,19-,20-/m0/s1. The van der Waals surface area contributed by atoms with Crippen molar-refractivity contribution in [3.05, 3.63) is 66.0 Å². The van der Waals surface area contributed by atoms with E-state index in [1.54, 1.807) is 12.1 Å². The number of aromatic nitrogens is 2. The first-order valence-electron chi connectivity index (χ1n) is 10.5. The SMILES string of the molecule is O=S(=O)(Nc1ncns1)c1ccc2c(c1)OCC[C@@H]2N1CC[C@H](F)C[C@H]1c1ccccc1. The van der Waals surface area contributed by atoms with Gasteiger partial charge in [0, 0.05) is 48.2 Å². The molecule has 0 amide bonds. The van der Waals surface area contributed by atoms with Crippen LogP contribution in [-0.2, 0) is 10.0 Å². The minimum Gasteiger partial charge on any atom is -0.493 e. The third-order valence-corrected chi connectivity index (χ3v) is 8.10. The number of piperidine rings is 1. The van der Waals surface area contributed by atoms with Gasteiger partial charge in [0.05, 0.1) is 11.5 Å². The fraction of sp³-hybridized carbons (Fsp3) is 0.364. The van der Waals surface area contributed by atoms with Gasteiger partial charge in [-0.1, -0.05) is 36.4 Å². The summed E-state index contributed by atoms with van der Waals surface area (Å²) in [4.78, 5) is 6.33. The van der Waals surface area contributed by atoms with Crippen molar-refractivity contribution in [1.82, 2.24) is 14.3 Å². The van der Waals surface area contributed by atoms with E-state index in [0.29, 0.717) is 31.7 Å². The summed E-state index contributed by atoms with van der Waals surface area (Å²) in [5.41, 5.74) is 2.03. The zero-order chi connectivity index (χ0) is 22.1. The minimum atomic E-state index is -3.81. The van der Waals surface area contributed by atoms with Crippen LogP contribution in [0.1, 0.15) is 42.5 Å². The quantitative estimate of drug-likeness (QED) is 0.592. The number of anilines is 1. The molecular weight excluding hydrogens is 451 g/mol. The first-order valence-corrected chi connectivity index (χ1v) is 12.8. The first-order chi connectivity index (χ1) is 15.5. The lowest BCUT2D eigenvalue weighted by molar-refractivity contribution is 0.0344. The molecule has 3 heterocycles. The Morgan fingerprint density at radius 2 is 1.97 bits per heavy atom. The fourth-order valence-electron chi connectivity index (χ4n) is 4.57. The number of likely N-dealkylation sites (tertiary alicyclic amines) is 1. The van der Waals surface area contributed by atoms with Crippen LogP contribution in [0.5, 0.6) is 5.75 Å². The molecule has 3 aromatic rings. The summed E-state index contributed by atoms with van der Waals surface area (Å²) in [7, 11) is -3.81. The lowest BCUT2D eigenvalue weighted by atomic mass is 9.89. The van der Waals surface area contributed by atoms with Crippen molar-refractivity contribution in [2.75, 3.05) is 17.9 Å². The molecular formula is C22H23FN4O3S2. The molecule has 168 valence electrons. The molecule has 0 aliphatic carbocycles. The van der Waals surface area contributed by atoms with E-state index in [1.165, 1.54) is 6.33 Å². The number of sulfonamides is 1. The molecule has 32 heavy (non-hydrogen) atoms. The summed E-state index contributed by atoms with van der Waals surface area (Å²) in [5.74, 6) is 0.551. The van der Waals surface area contributed by atoms with Crippen LogP contribution < -0.4 is 9.46 Å². The van der Waals surface area contributed by atoms with E-state index >= 15 is 0 Å². The Balaban J connectivity index is 1.45. The maximum atomic E-state index is 14.4. The van der Waals surface area contributed by atoms with Gasteiger partial charge in [-0.3, -0.25) is 9.62 Å². The van der Waals surface area contributed by atoms with Gasteiger partial charge in [0.25, 0.3) is 10.0 Å². The predicted molar refractivity (Wildman–Crippen MR) is 120 cm³/mol. The topological polar surface area (TPSA) is 84.4 Å². The Hall–Kier alpha value is -2.56. The number of halogens is 1.